The van der Waals surface area contributed by atoms with Crippen LogP contribution in [0.25, 0.3) is 0 Å². The van der Waals surface area contributed by atoms with E-state index < -0.39 is 5.97 Å². The Hall–Kier alpha value is -2.02. The van der Waals surface area contributed by atoms with Crippen LogP contribution >= 0.6 is 11.8 Å². The van der Waals surface area contributed by atoms with Gasteiger partial charge in [0.1, 0.15) is 0 Å². The Morgan fingerprint density at radius 2 is 1.43 bits per heavy atom. The second-order valence-electron chi connectivity index (χ2n) is 7.56. The maximum absolute atomic E-state index is 12.4. The van der Waals surface area contributed by atoms with Gasteiger partial charge in [0.15, 0.2) is 6.61 Å². The lowest BCUT2D eigenvalue weighted by Crippen LogP contribution is -2.38. The standard InChI is InChI=1S/C21H32N2O4S/c1-13(2)15(5)22-19(24)11-27-21(26)17-9-7-8-10-18(17)28-12-20(25)23-16(6)14(3)4/h7-10,13-16H,11-12H2,1-6H3,(H,22,24)(H,23,25)/t15-,16+/m0/s1. The molecule has 0 aliphatic carbocycles. The fraction of sp³-hybridized carbons (Fsp3) is 0.571. The number of esters is 1. The second kappa shape index (κ2) is 11.7. The summed E-state index contributed by atoms with van der Waals surface area (Å²) < 4.78 is 5.15. The summed E-state index contributed by atoms with van der Waals surface area (Å²) in [5.41, 5.74) is 0.349. The molecule has 28 heavy (non-hydrogen) atoms. The van der Waals surface area contributed by atoms with Crippen molar-refractivity contribution >= 4 is 29.5 Å². The molecule has 156 valence electrons. The third-order valence-electron chi connectivity index (χ3n) is 4.58. The first-order chi connectivity index (χ1) is 13.1. The number of hydrogen-bond acceptors (Lipinski definition) is 5. The van der Waals surface area contributed by atoms with Crippen LogP contribution in [-0.2, 0) is 14.3 Å². The summed E-state index contributed by atoms with van der Waals surface area (Å²) in [6.07, 6.45) is 0. The van der Waals surface area contributed by atoms with Gasteiger partial charge in [0.25, 0.3) is 5.91 Å². The number of benzene rings is 1. The smallest absolute Gasteiger partial charge is 0.339 e. The van der Waals surface area contributed by atoms with Crippen molar-refractivity contribution in [2.24, 2.45) is 11.8 Å². The Bertz CT molecular complexity index is 676. The number of carbonyl (C=O) groups is 3. The van der Waals surface area contributed by atoms with E-state index in [1.54, 1.807) is 24.3 Å². The number of carbonyl (C=O) groups excluding carboxylic acids is 3. The summed E-state index contributed by atoms with van der Waals surface area (Å²) in [7, 11) is 0. The molecule has 1 aromatic rings. The van der Waals surface area contributed by atoms with Gasteiger partial charge in [0.2, 0.25) is 5.91 Å². The summed E-state index contributed by atoms with van der Waals surface area (Å²) in [5.74, 6) is -0.153. The summed E-state index contributed by atoms with van der Waals surface area (Å²) in [6.45, 7) is 11.6. The Morgan fingerprint density at radius 3 is 2.00 bits per heavy atom. The van der Waals surface area contributed by atoms with Crippen LogP contribution in [0.2, 0.25) is 0 Å². The molecule has 0 aliphatic heterocycles. The van der Waals surface area contributed by atoms with Crippen molar-refractivity contribution in [2.75, 3.05) is 12.4 Å². The van der Waals surface area contributed by atoms with E-state index >= 15 is 0 Å². The van der Waals surface area contributed by atoms with Gasteiger partial charge in [-0.2, -0.15) is 0 Å². The highest BCUT2D eigenvalue weighted by Gasteiger charge is 2.17. The van der Waals surface area contributed by atoms with Gasteiger partial charge in [-0.25, -0.2) is 4.79 Å². The first-order valence-electron chi connectivity index (χ1n) is 9.59. The molecule has 2 atom stereocenters. The minimum Gasteiger partial charge on any atom is -0.452 e. The number of ether oxygens (including phenoxy) is 1. The fourth-order valence-corrected chi connectivity index (χ4v) is 2.89. The molecule has 1 rings (SSSR count). The molecule has 0 saturated carbocycles. The molecule has 2 amide bonds. The van der Waals surface area contributed by atoms with E-state index in [1.807, 2.05) is 41.5 Å². The van der Waals surface area contributed by atoms with Crippen molar-refractivity contribution in [2.45, 2.75) is 58.5 Å². The SMILES string of the molecule is CC(C)[C@H](C)NC(=O)COC(=O)c1ccccc1SCC(=O)N[C@H](C)C(C)C. The van der Waals surface area contributed by atoms with Crippen LogP contribution in [0.4, 0.5) is 0 Å². The topological polar surface area (TPSA) is 84.5 Å². The zero-order valence-corrected chi connectivity index (χ0v) is 18.4. The highest BCUT2D eigenvalue weighted by Crippen LogP contribution is 2.23. The first kappa shape index (κ1) is 24.0. The van der Waals surface area contributed by atoms with Crippen molar-refractivity contribution in [3.63, 3.8) is 0 Å². The molecule has 0 fully saturated rings. The Morgan fingerprint density at radius 1 is 0.893 bits per heavy atom. The number of thioether (sulfide) groups is 1. The molecule has 1 aromatic carbocycles. The lowest BCUT2D eigenvalue weighted by atomic mass is 10.1. The van der Waals surface area contributed by atoms with Crippen molar-refractivity contribution in [3.8, 4) is 0 Å². The Labute approximate surface area is 172 Å². The van der Waals surface area contributed by atoms with Gasteiger partial charge in [0, 0.05) is 17.0 Å². The van der Waals surface area contributed by atoms with Crippen LogP contribution in [0.15, 0.2) is 29.2 Å². The maximum atomic E-state index is 12.4. The lowest BCUT2D eigenvalue weighted by molar-refractivity contribution is -0.125. The lowest BCUT2D eigenvalue weighted by Gasteiger charge is -2.18. The number of amides is 2. The fourth-order valence-electron chi connectivity index (χ4n) is 2.04. The Balaban J connectivity index is 2.61. The second-order valence-corrected chi connectivity index (χ2v) is 8.58. The number of nitrogens with one attached hydrogen (secondary N) is 2. The molecule has 7 heteroatoms. The van der Waals surface area contributed by atoms with E-state index in [0.717, 1.165) is 0 Å². The molecule has 0 unspecified atom stereocenters. The van der Waals surface area contributed by atoms with Gasteiger partial charge >= 0.3 is 5.97 Å². The first-order valence-corrected chi connectivity index (χ1v) is 10.6. The van der Waals surface area contributed by atoms with Crippen molar-refractivity contribution in [1.82, 2.24) is 10.6 Å². The van der Waals surface area contributed by atoms with Crippen LogP contribution < -0.4 is 10.6 Å². The molecular weight excluding hydrogens is 376 g/mol. The zero-order valence-electron chi connectivity index (χ0n) is 17.6. The normalized spacial score (nSPS) is 13.1. The zero-order chi connectivity index (χ0) is 21.3. The molecular formula is C21H32N2O4S. The third kappa shape index (κ3) is 8.33. The van der Waals surface area contributed by atoms with E-state index in [1.165, 1.54) is 11.8 Å². The van der Waals surface area contributed by atoms with Crippen LogP contribution in [-0.4, -0.2) is 42.2 Å². The van der Waals surface area contributed by atoms with Gasteiger partial charge in [0.05, 0.1) is 11.3 Å². The minimum absolute atomic E-state index is 0.000729. The molecule has 2 N–H and O–H groups in total. The van der Waals surface area contributed by atoms with Crippen LogP contribution in [0.3, 0.4) is 0 Å². The molecule has 0 spiro atoms. The Kier molecular flexibility index (Phi) is 10.1. The molecule has 6 nitrogen and oxygen atoms in total. The number of hydrogen-bond donors (Lipinski definition) is 2. The highest BCUT2D eigenvalue weighted by molar-refractivity contribution is 8.00. The van der Waals surface area contributed by atoms with E-state index in [9.17, 15) is 14.4 Å². The monoisotopic (exact) mass is 408 g/mol. The molecule has 0 bridgehead atoms. The van der Waals surface area contributed by atoms with E-state index in [2.05, 4.69) is 10.6 Å². The summed E-state index contributed by atoms with van der Waals surface area (Å²) >= 11 is 1.27. The predicted octanol–water partition coefficient (Wildman–Crippen LogP) is 3.26. The average Bonchev–Trinajstić information content (AvgIpc) is 2.64. The molecule has 0 saturated heterocycles. The average molecular weight is 409 g/mol. The van der Waals surface area contributed by atoms with Gasteiger partial charge < -0.3 is 15.4 Å². The van der Waals surface area contributed by atoms with E-state index in [0.29, 0.717) is 22.3 Å². The number of rotatable bonds is 10. The quantitative estimate of drug-likeness (QED) is 0.459. The van der Waals surface area contributed by atoms with Crippen LogP contribution in [0, 0.1) is 11.8 Å². The molecule has 0 aromatic heterocycles. The maximum Gasteiger partial charge on any atom is 0.339 e. The summed E-state index contributed by atoms with van der Waals surface area (Å²) in [5, 5.41) is 5.73. The van der Waals surface area contributed by atoms with Gasteiger partial charge in [-0.1, -0.05) is 39.8 Å². The predicted molar refractivity (Wildman–Crippen MR) is 112 cm³/mol. The summed E-state index contributed by atoms with van der Waals surface area (Å²) in [4.78, 5) is 37.0. The van der Waals surface area contributed by atoms with Gasteiger partial charge in [-0.3, -0.25) is 9.59 Å². The van der Waals surface area contributed by atoms with Gasteiger partial charge in [-0.15, -0.1) is 11.8 Å². The molecule has 0 aliphatic rings. The minimum atomic E-state index is -0.577. The molecule has 0 radical (unpaired) electrons. The van der Waals surface area contributed by atoms with Crippen LogP contribution in [0.1, 0.15) is 51.9 Å². The van der Waals surface area contributed by atoms with Crippen molar-refractivity contribution < 1.29 is 19.1 Å². The van der Waals surface area contributed by atoms with E-state index in [-0.39, 0.29) is 36.3 Å². The van der Waals surface area contributed by atoms with E-state index in [4.69, 9.17) is 4.74 Å². The van der Waals surface area contributed by atoms with Gasteiger partial charge in [-0.05, 0) is 37.8 Å². The third-order valence-corrected chi connectivity index (χ3v) is 5.65. The van der Waals surface area contributed by atoms with Crippen LogP contribution in [0.5, 0.6) is 0 Å². The van der Waals surface area contributed by atoms with Crippen molar-refractivity contribution in [1.29, 1.82) is 0 Å². The summed E-state index contributed by atoms with van der Waals surface area (Å²) in [6, 6.07) is 7.00. The highest BCUT2D eigenvalue weighted by atomic mass is 32.2. The van der Waals surface area contributed by atoms with Crippen molar-refractivity contribution in [3.05, 3.63) is 29.8 Å². The molecule has 0 heterocycles. The largest absolute Gasteiger partial charge is 0.452 e.